The molecule has 4 rings (SSSR count). The lowest BCUT2D eigenvalue weighted by Crippen LogP contribution is -2.48. The Bertz CT molecular complexity index is 789. The van der Waals surface area contributed by atoms with Crippen LogP contribution in [0.15, 0.2) is 24.7 Å². The molecule has 2 aromatic rings. The molecular formula is C18H22N4O3. The predicted octanol–water partition coefficient (Wildman–Crippen LogP) is 1.60. The van der Waals surface area contributed by atoms with Gasteiger partial charge in [0.25, 0.3) is 0 Å². The molecule has 7 heteroatoms. The fourth-order valence-corrected chi connectivity index (χ4v) is 3.35. The Hall–Kier alpha value is -2.41. The van der Waals surface area contributed by atoms with Crippen LogP contribution in [0.1, 0.15) is 41.5 Å². The molecule has 0 aromatic carbocycles. The molecule has 1 saturated heterocycles. The number of hydrogen-bond donors (Lipinski definition) is 1. The molecule has 0 radical (unpaired) electrons. The van der Waals surface area contributed by atoms with Crippen LogP contribution in [0.3, 0.4) is 0 Å². The fourth-order valence-electron chi connectivity index (χ4n) is 3.35. The third-order valence-electron chi connectivity index (χ3n) is 5.01. The molecule has 3 heterocycles. The zero-order valence-corrected chi connectivity index (χ0v) is 14.3. The van der Waals surface area contributed by atoms with Gasteiger partial charge in [-0.25, -0.2) is 14.8 Å². The lowest BCUT2D eigenvalue weighted by atomic mass is 9.97. The number of pyridine rings is 1. The Morgan fingerprint density at radius 2 is 2.16 bits per heavy atom. The highest BCUT2D eigenvalue weighted by molar-refractivity contribution is 5.86. The number of carbonyl (C=O) groups is 1. The number of esters is 1. The summed E-state index contributed by atoms with van der Waals surface area (Å²) in [5.74, 6) is 0.507. The van der Waals surface area contributed by atoms with Gasteiger partial charge in [0, 0.05) is 24.7 Å². The number of carbonyl (C=O) groups excluding carboxylic acids is 1. The number of rotatable bonds is 6. The average molecular weight is 342 g/mol. The average Bonchev–Trinajstić information content (AvgIpc) is 3.26. The van der Waals surface area contributed by atoms with E-state index in [9.17, 15) is 9.90 Å². The number of aromatic nitrogens is 3. The molecule has 2 aliphatic rings. The van der Waals surface area contributed by atoms with Crippen LogP contribution in [0.5, 0.6) is 0 Å². The molecule has 132 valence electrons. The highest BCUT2D eigenvalue weighted by Gasteiger charge is 2.52. The number of aliphatic hydroxyl groups is 1. The summed E-state index contributed by atoms with van der Waals surface area (Å²) in [6.07, 6.45) is 5.91. The number of imidazole rings is 1. The van der Waals surface area contributed by atoms with Crippen molar-refractivity contribution in [1.82, 2.24) is 14.5 Å². The zero-order chi connectivity index (χ0) is 17.4. The SMILES string of the molecule is CCOC(=O)c1cn(Cc2ccc(N3CC4(CC4)C3)nc2CO)cn1. The summed E-state index contributed by atoms with van der Waals surface area (Å²) >= 11 is 0. The molecule has 0 atom stereocenters. The van der Waals surface area contributed by atoms with Gasteiger partial charge in [-0.1, -0.05) is 6.07 Å². The quantitative estimate of drug-likeness (QED) is 0.803. The zero-order valence-electron chi connectivity index (χ0n) is 14.3. The maximum Gasteiger partial charge on any atom is 0.358 e. The maximum absolute atomic E-state index is 11.7. The highest BCUT2D eigenvalue weighted by atomic mass is 16.5. The van der Waals surface area contributed by atoms with Crippen LogP contribution in [-0.4, -0.2) is 45.3 Å². The minimum atomic E-state index is -0.427. The molecule has 7 nitrogen and oxygen atoms in total. The normalized spacial score (nSPS) is 17.4. The highest BCUT2D eigenvalue weighted by Crippen LogP contribution is 2.53. The third-order valence-corrected chi connectivity index (χ3v) is 5.01. The molecule has 2 fully saturated rings. The van der Waals surface area contributed by atoms with E-state index >= 15 is 0 Å². The van der Waals surface area contributed by atoms with E-state index in [-0.39, 0.29) is 12.3 Å². The lowest BCUT2D eigenvalue weighted by molar-refractivity contribution is 0.0520. The fraction of sp³-hybridized carbons (Fsp3) is 0.500. The van der Waals surface area contributed by atoms with Crippen molar-refractivity contribution >= 4 is 11.8 Å². The second-order valence-electron chi connectivity index (χ2n) is 6.94. The van der Waals surface area contributed by atoms with Crippen molar-refractivity contribution < 1.29 is 14.6 Å². The molecule has 1 aliphatic carbocycles. The van der Waals surface area contributed by atoms with Crippen LogP contribution in [-0.2, 0) is 17.9 Å². The van der Waals surface area contributed by atoms with E-state index in [1.165, 1.54) is 12.8 Å². The summed E-state index contributed by atoms with van der Waals surface area (Å²) in [6, 6.07) is 4.00. The van der Waals surface area contributed by atoms with E-state index in [2.05, 4.69) is 14.9 Å². The van der Waals surface area contributed by atoms with Crippen LogP contribution in [0.25, 0.3) is 0 Å². The monoisotopic (exact) mass is 342 g/mol. The summed E-state index contributed by atoms with van der Waals surface area (Å²) in [5, 5.41) is 9.69. The van der Waals surface area contributed by atoms with Gasteiger partial charge in [0.05, 0.1) is 31.8 Å². The Morgan fingerprint density at radius 1 is 1.36 bits per heavy atom. The van der Waals surface area contributed by atoms with Gasteiger partial charge < -0.3 is 19.3 Å². The van der Waals surface area contributed by atoms with E-state index in [0.717, 1.165) is 24.5 Å². The molecular weight excluding hydrogens is 320 g/mol. The summed E-state index contributed by atoms with van der Waals surface area (Å²) in [5.41, 5.74) is 2.44. The van der Waals surface area contributed by atoms with Crippen LogP contribution < -0.4 is 4.90 Å². The van der Waals surface area contributed by atoms with Crippen molar-refractivity contribution in [3.05, 3.63) is 41.6 Å². The second-order valence-corrected chi connectivity index (χ2v) is 6.94. The molecule has 1 spiro atoms. The molecule has 1 N–H and O–H groups in total. The van der Waals surface area contributed by atoms with E-state index in [4.69, 9.17) is 4.74 Å². The predicted molar refractivity (Wildman–Crippen MR) is 91.3 cm³/mol. The number of ether oxygens (including phenoxy) is 1. The number of aliphatic hydroxyl groups excluding tert-OH is 1. The van der Waals surface area contributed by atoms with Crippen molar-refractivity contribution in [1.29, 1.82) is 0 Å². The summed E-state index contributed by atoms with van der Waals surface area (Å²) in [4.78, 5) is 22.7. The van der Waals surface area contributed by atoms with Gasteiger partial charge in [-0.15, -0.1) is 0 Å². The van der Waals surface area contributed by atoms with Gasteiger partial charge in [0.1, 0.15) is 5.82 Å². The molecule has 1 saturated carbocycles. The van der Waals surface area contributed by atoms with Crippen LogP contribution >= 0.6 is 0 Å². The molecule has 0 bridgehead atoms. The molecule has 1 aliphatic heterocycles. The smallest absolute Gasteiger partial charge is 0.358 e. The minimum Gasteiger partial charge on any atom is -0.461 e. The van der Waals surface area contributed by atoms with Gasteiger partial charge in [0.15, 0.2) is 5.69 Å². The van der Waals surface area contributed by atoms with Gasteiger partial charge in [-0.05, 0) is 31.4 Å². The van der Waals surface area contributed by atoms with Crippen molar-refractivity contribution in [2.75, 3.05) is 24.6 Å². The molecule has 25 heavy (non-hydrogen) atoms. The van der Waals surface area contributed by atoms with E-state index in [0.29, 0.717) is 24.3 Å². The van der Waals surface area contributed by atoms with Gasteiger partial charge in [-0.2, -0.15) is 0 Å². The Balaban J connectivity index is 1.47. The molecule has 0 unspecified atom stereocenters. The summed E-state index contributed by atoms with van der Waals surface area (Å²) in [7, 11) is 0. The topological polar surface area (TPSA) is 80.5 Å². The van der Waals surface area contributed by atoms with E-state index < -0.39 is 5.97 Å². The largest absolute Gasteiger partial charge is 0.461 e. The van der Waals surface area contributed by atoms with Crippen molar-refractivity contribution in [3.63, 3.8) is 0 Å². The van der Waals surface area contributed by atoms with Crippen LogP contribution in [0, 0.1) is 5.41 Å². The van der Waals surface area contributed by atoms with Crippen LogP contribution in [0.4, 0.5) is 5.82 Å². The summed E-state index contributed by atoms with van der Waals surface area (Å²) < 4.78 is 6.74. The van der Waals surface area contributed by atoms with Crippen molar-refractivity contribution in [2.24, 2.45) is 5.41 Å². The van der Waals surface area contributed by atoms with Gasteiger partial charge in [-0.3, -0.25) is 0 Å². The number of anilines is 1. The van der Waals surface area contributed by atoms with E-state index in [1.807, 2.05) is 12.1 Å². The first-order valence-electron chi connectivity index (χ1n) is 8.66. The molecule has 0 amide bonds. The van der Waals surface area contributed by atoms with Crippen molar-refractivity contribution in [3.8, 4) is 0 Å². The first kappa shape index (κ1) is 16.1. The van der Waals surface area contributed by atoms with Crippen LogP contribution in [0.2, 0.25) is 0 Å². The van der Waals surface area contributed by atoms with Crippen molar-refractivity contribution in [2.45, 2.75) is 32.9 Å². The Labute approximate surface area is 146 Å². The van der Waals surface area contributed by atoms with Gasteiger partial charge in [0.2, 0.25) is 0 Å². The minimum absolute atomic E-state index is 0.110. The first-order chi connectivity index (χ1) is 12.1. The standard InChI is InChI=1S/C18H22N4O3/c1-2-25-17(24)14-8-21(12-19-14)7-13-3-4-16(20-15(13)9-23)22-10-18(11-22)5-6-18/h3-4,8,12,23H,2,5-7,9-11H2,1H3. The first-order valence-corrected chi connectivity index (χ1v) is 8.66. The van der Waals surface area contributed by atoms with Gasteiger partial charge >= 0.3 is 5.97 Å². The lowest BCUT2D eigenvalue weighted by Gasteiger charge is -2.41. The Morgan fingerprint density at radius 3 is 2.84 bits per heavy atom. The maximum atomic E-state index is 11.7. The van der Waals surface area contributed by atoms with E-state index in [1.54, 1.807) is 24.0 Å². The second kappa shape index (κ2) is 6.15. The summed E-state index contributed by atoms with van der Waals surface area (Å²) in [6.45, 7) is 4.63. The number of nitrogens with zero attached hydrogens (tertiary/aromatic N) is 4. The third kappa shape index (κ3) is 3.11. The Kier molecular flexibility index (Phi) is 3.95. The molecule has 2 aromatic heterocycles. The number of hydrogen-bond acceptors (Lipinski definition) is 6.